The van der Waals surface area contributed by atoms with E-state index < -0.39 is 16.1 Å². The molecular weight excluding hydrogens is 589 g/mol. The van der Waals surface area contributed by atoms with Crippen LogP contribution < -0.4 is 19.1 Å². The van der Waals surface area contributed by atoms with E-state index in [0.717, 1.165) is 38.4 Å². The SMILES string of the molecule is CC[C@@H](C(=O)NC1CCCCC1)N(Cc1c(Cl)cccc1Cl)C(=O)CCCN(c1ccc2c(c1)OCO2)S(C)(=O)=O. The van der Waals surface area contributed by atoms with E-state index in [1.54, 1.807) is 36.4 Å². The number of carbonyl (C=O) groups excluding carboxylic acids is 2. The first kappa shape index (κ1) is 31.3. The van der Waals surface area contributed by atoms with Crippen molar-refractivity contribution in [3.8, 4) is 11.5 Å². The normalized spacial score (nSPS) is 15.8. The largest absolute Gasteiger partial charge is 0.454 e. The van der Waals surface area contributed by atoms with E-state index in [1.807, 2.05) is 6.92 Å². The van der Waals surface area contributed by atoms with Gasteiger partial charge in [0, 0.05) is 47.2 Å². The minimum absolute atomic E-state index is 0.0197. The summed E-state index contributed by atoms with van der Waals surface area (Å²) >= 11 is 12.9. The monoisotopic (exact) mass is 625 g/mol. The molecule has 1 aliphatic heterocycles. The van der Waals surface area contributed by atoms with Crippen molar-refractivity contribution in [2.45, 2.75) is 76.9 Å². The van der Waals surface area contributed by atoms with E-state index in [9.17, 15) is 18.0 Å². The van der Waals surface area contributed by atoms with Crippen molar-refractivity contribution in [2.24, 2.45) is 0 Å². The van der Waals surface area contributed by atoms with Gasteiger partial charge < -0.3 is 19.7 Å². The summed E-state index contributed by atoms with van der Waals surface area (Å²) in [7, 11) is -3.65. The molecular formula is C29H37Cl2N3O6S. The zero-order valence-corrected chi connectivity index (χ0v) is 25.7. The number of fused-ring (bicyclic) bond motifs is 1. The molecule has 2 aromatic rings. The van der Waals surface area contributed by atoms with Crippen LogP contribution in [-0.2, 0) is 26.2 Å². The number of ether oxygens (including phenoxy) is 2. The van der Waals surface area contributed by atoms with Crippen molar-refractivity contribution in [1.82, 2.24) is 10.2 Å². The van der Waals surface area contributed by atoms with E-state index in [0.29, 0.717) is 39.2 Å². The summed E-state index contributed by atoms with van der Waals surface area (Å²) in [6, 6.07) is 9.40. The van der Waals surface area contributed by atoms with Crippen LogP contribution in [0.25, 0.3) is 0 Å². The number of nitrogens with one attached hydrogen (secondary N) is 1. The van der Waals surface area contributed by atoms with Crippen LogP contribution in [0.2, 0.25) is 10.0 Å². The molecule has 0 bridgehead atoms. The number of carbonyl (C=O) groups is 2. The second kappa shape index (κ2) is 14.0. The molecule has 0 saturated heterocycles. The molecule has 1 heterocycles. The highest BCUT2D eigenvalue weighted by atomic mass is 35.5. The summed E-state index contributed by atoms with van der Waals surface area (Å²) in [6.07, 6.45) is 6.92. The molecule has 9 nitrogen and oxygen atoms in total. The number of nitrogens with zero attached hydrogens (tertiary/aromatic N) is 2. The number of amides is 2. The molecule has 0 unspecified atom stereocenters. The van der Waals surface area contributed by atoms with Crippen LogP contribution in [0.3, 0.4) is 0 Å². The molecule has 2 aromatic carbocycles. The van der Waals surface area contributed by atoms with Gasteiger partial charge in [-0.15, -0.1) is 0 Å². The van der Waals surface area contributed by atoms with Gasteiger partial charge in [-0.2, -0.15) is 0 Å². The molecule has 2 aliphatic rings. The minimum Gasteiger partial charge on any atom is -0.454 e. The van der Waals surface area contributed by atoms with Crippen molar-refractivity contribution in [3.05, 3.63) is 52.0 Å². The quantitative estimate of drug-likeness (QED) is 0.333. The number of rotatable bonds is 12. The van der Waals surface area contributed by atoms with E-state index >= 15 is 0 Å². The molecule has 4 rings (SSSR count). The van der Waals surface area contributed by atoms with Gasteiger partial charge in [0.15, 0.2) is 11.5 Å². The summed E-state index contributed by atoms with van der Waals surface area (Å²) in [5, 5.41) is 3.96. The standard InChI is InChI=1S/C29H37Cl2N3O6S/c1-3-25(29(36)32-20-9-5-4-6-10-20)33(18-22-23(30)11-7-12-24(22)31)28(35)13-8-16-34(41(2,37)38)21-14-15-26-27(17-21)40-19-39-26/h7,11-12,14-15,17,20,25H,3-6,8-10,13,16,18-19H2,1-2H3,(H,32,36)/t25-/m0/s1. The molecule has 0 radical (unpaired) electrons. The van der Waals surface area contributed by atoms with Crippen molar-refractivity contribution < 1.29 is 27.5 Å². The minimum atomic E-state index is -3.65. The fourth-order valence-electron chi connectivity index (χ4n) is 5.36. The van der Waals surface area contributed by atoms with Gasteiger partial charge in [0.1, 0.15) is 6.04 Å². The molecule has 12 heteroatoms. The third-order valence-corrected chi connectivity index (χ3v) is 9.43. The predicted molar refractivity (Wildman–Crippen MR) is 160 cm³/mol. The van der Waals surface area contributed by atoms with E-state index in [4.69, 9.17) is 32.7 Å². The molecule has 0 aromatic heterocycles. The van der Waals surface area contributed by atoms with Crippen molar-refractivity contribution in [2.75, 3.05) is 23.9 Å². The van der Waals surface area contributed by atoms with E-state index in [-0.39, 0.29) is 50.6 Å². The maximum Gasteiger partial charge on any atom is 0.243 e. The van der Waals surface area contributed by atoms with Gasteiger partial charge in [-0.05, 0) is 49.9 Å². The van der Waals surface area contributed by atoms with Crippen LogP contribution in [0.4, 0.5) is 5.69 Å². The lowest BCUT2D eigenvalue weighted by molar-refractivity contribution is -0.141. The fourth-order valence-corrected chi connectivity index (χ4v) is 6.84. The van der Waals surface area contributed by atoms with Crippen LogP contribution in [0, 0.1) is 0 Å². The van der Waals surface area contributed by atoms with Crippen molar-refractivity contribution in [1.29, 1.82) is 0 Å². The Labute approximate surface area is 252 Å². The molecule has 1 saturated carbocycles. The first-order valence-corrected chi connectivity index (χ1v) is 16.6. The van der Waals surface area contributed by atoms with E-state index in [2.05, 4.69) is 5.32 Å². The first-order chi connectivity index (χ1) is 19.6. The number of halogens is 2. The van der Waals surface area contributed by atoms with Crippen LogP contribution >= 0.6 is 23.2 Å². The van der Waals surface area contributed by atoms with Gasteiger partial charge in [0.05, 0.1) is 11.9 Å². The van der Waals surface area contributed by atoms with E-state index in [1.165, 1.54) is 9.21 Å². The summed E-state index contributed by atoms with van der Waals surface area (Å²) in [4.78, 5) is 28.7. The Morgan fingerprint density at radius 3 is 2.39 bits per heavy atom. The number of benzene rings is 2. The van der Waals surface area contributed by atoms with Gasteiger partial charge in [0.2, 0.25) is 28.6 Å². The van der Waals surface area contributed by atoms with Crippen LogP contribution in [0.15, 0.2) is 36.4 Å². The Balaban J connectivity index is 1.51. The second-order valence-electron chi connectivity index (χ2n) is 10.5. The summed E-state index contributed by atoms with van der Waals surface area (Å²) in [5.41, 5.74) is 0.980. The third-order valence-electron chi connectivity index (χ3n) is 7.52. The Bertz CT molecular complexity index is 1330. The number of anilines is 1. The molecule has 224 valence electrons. The Kier molecular flexibility index (Phi) is 10.7. The molecule has 2 amide bonds. The van der Waals surface area contributed by atoms with Crippen LogP contribution in [0.1, 0.15) is 63.9 Å². The maximum atomic E-state index is 13.7. The molecule has 1 aliphatic carbocycles. The van der Waals surface area contributed by atoms with Gasteiger partial charge in [-0.25, -0.2) is 8.42 Å². The highest BCUT2D eigenvalue weighted by Crippen LogP contribution is 2.36. The molecule has 41 heavy (non-hydrogen) atoms. The smallest absolute Gasteiger partial charge is 0.243 e. The lowest BCUT2D eigenvalue weighted by Crippen LogP contribution is -2.51. The lowest BCUT2D eigenvalue weighted by Gasteiger charge is -2.33. The topological polar surface area (TPSA) is 105 Å². The maximum absolute atomic E-state index is 13.7. The Morgan fingerprint density at radius 1 is 1.05 bits per heavy atom. The zero-order chi connectivity index (χ0) is 29.6. The Morgan fingerprint density at radius 2 is 1.73 bits per heavy atom. The summed E-state index contributed by atoms with van der Waals surface area (Å²) in [5.74, 6) is 0.521. The molecule has 1 N–H and O–H groups in total. The van der Waals surface area contributed by atoms with Gasteiger partial charge in [-0.3, -0.25) is 13.9 Å². The number of hydrogen-bond donors (Lipinski definition) is 1. The zero-order valence-electron chi connectivity index (χ0n) is 23.4. The number of sulfonamides is 1. The van der Waals surface area contributed by atoms with Gasteiger partial charge >= 0.3 is 0 Å². The second-order valence-corrected chi connectivity index (χ2v) is 13.2. The molecule has 1 fully saturated rings. The predicted octanol–water partition coefficient (Wildman–Crippen LogP) is 5.52. The lowest BCUT2D eigenvalue weighted by atomic mass is 9.95. The van der Waals surface area contributed by atoms with Gasteiger partial charge in [0.25, 0.3) is 0 Å². The Hall–Kier alpha value is -2.69. The summed E-state index contributed by atoms with van der Waals surface area (Å²) < 4.78 is 37.3. The average molecular weight is 627 g/mol. The van der Waals surface area contributed by atoms with Crippen LogP contribution in [0.5, 0.6) is 11.5 Å². The fraction of sp³-hybridized carbons (Fsp3) is 0.517. The molecule has 0 spiro atoms. The highest BCUT2D eigenvalue weighted by molar-refractivity contribution is 7.92. The van der Waals surface area contributed by atoms with Crippen molar-refractivity contribution in [3.63, 3.8) is 0 Å². The highest BCUT2D eigenvalue weighted by Gasteiger charge is 2.31. The first-order valence-electron chi connectivity index (χ1n) is 14.0. The van der Waals surface area contributed by atoms with Crippen LogP contribution in [-0.4, -0.2) is 56.8 Å². The van der Waals surface area contributed by atoms with Crippen molar-refractivity contribution >= 4 is 50.7 Å². The molecule has 1 atom stereocenters. The van der Waals surface area contributed by atoms with Gasteiger partial charge in [-0.1, -0.05) is 55.5 Å². The summed E-state index contributed by atoms with van der Waals surface area (Å²) in [6.45, 7) is 2.07. The number of hydrogen-bond acceptors (Lipinski definition) is 6. The average Bonchev–Trinajstić information content (AvgIpc) is 3.40. The third kappa shape index (κ3) is 7.99.